The van der Waals surface area contributed by atoms with Gasteiger partial charge in [-0.1, -0.05) is 15.9 Å². The Morgan fingerprint density at radius 3 is 2.60 bits per heavy atom. The minimum absolute atomic E-state index is 0.101. The molecule has 0 heterocycles. The summed E-state index contributed by atoms with van der Waals surface area (Å²) in [7, 11) is 1.33. The molecule has 0 fully saturated rings. The number of ether oxygens (including phenoxy) is 2. The Hall–Kier alpha value is -2.68. The summed E-state index contributed by atoms with van der Waals surface area (Å²) in [5.74, 6) is -1.21. The molecule has 2 aromatic rings. The molecule has 0 aliphatic rings. The van der Waals surface area contributed by atoms with Crippen molar-refractivity contribution in [3.63, 3.8) is 0 Å². The van der Waals surface area contributed by atoms with Crippen molar-refractivity contribution in [2.75, 3.05) is 19.0 Å². The van der Waals surface area contributed by atoms with Crippen molar-refractivity contribution in [2.24, 2.45) is 0 Å². The van der Waals surface area contributed by atoms with Gasteiger partial charge in [0.1, 0.15) is 11.4 Å². The summed E-state index contributed by atoms with van der Waals surface area (Å²) in [5.41, 5.74) is -0.844. The van der Waals surface area contributed by atoms with Crippen molar-refractivity contribution >= 4 is 33.2 Å². The van der Waals surface area contributed by atoms with Crippen LogP contribution in [0.3, 0.4) is 0 Å². The van der Waals surface area contributed by atoms with Crippen LogP contribution in [0.15, 0.2) is 34.8 Å². The number of hydrogen-bond acceptors (Lipinski definition) is 5. The van der Waals surface area contributed by atoms with Crippen LogP contribution in [0.5, 0.6) is 11.5 Å². The molecule has 0 saturated carbocycles. The highest BCUT2D eigenvalue weighted by Crippen LogP contribution is 2.35. The van der Waals surface area contributed by atoms with Crippen molar-refractivity contribution in [1.29, 1.82) is 0 Å². The Balaban J connectivity index is 2.46. The lowest BCUT2D eigenvalue weighted by Gasteiger charge is -2.12. The number of benzene rings is 2. The van der Waals surface area contributed by atoms with Crippen molar-refractivity contribution < 1.29 is 23.6 Å². The van der Waals surface area contributed by atoms with E-state index in [4.69, 9.17) is 9.47 Å². The highest BCUT2D eigenvalue weighted by atomic mass is 79.9. The lowest BCUT2D eigenvalue weighted by molar-refractivity contribution is -0.385. The van der Waals surface area contributed by atoms with E-state index in [1.54, 1.807) is 6.92 Å². The molecule has 0 aliphatic carbocycles. The summed E-state index contributed by atoms with van der Waals surface area (Å²) in [6, 6.07) is 6.34. The molecule has 132 valence electrons. The van der Waals surface area contributed by atoms with Gasteiger partial charge in [-0.15, -0.1) is 0 Å². The van der Waals surface area contributed by atoms with E-state index in [1.807, 2.05) is 0 Å². The first-order valence-corrected chi connectivity index (χ1v) is 7.92. The number of nitrogens with zero attached hydrogens (tertiary/aromatic N) is 1. The van der Waals surface area contributed by atoms with Crippen molar-refractivity contribution in [3.8, 4) is 11.5 Å². The van der Waals surface area contributed by atoms with E-state index in [-0.39, 0.29) is 29.4 Å². The maximum Gasteiger partial charge on any atom is 0.286 e. The fraction of sp³-hybridized carbons (Fsp3) is 0.188. The first-order chi connectivity index (χ1) is 11.9. The summed E-state index contributed by atoms with van der Waals surface area (Å²) in [5, 5.41) is 13.6. The zero-order valence-corrected chi connectivity index (χ0v) is 14.9. The average Bonchev–Trinajstić information content (AvgIpc) is 2.57. The molecule has 2 aromatic carbocycles. The van der Waals surface area contributed by atoms with Gasteiger partial charge in [0.05, 0.1) is 30.4 Å². The Morgan fingerprint density at radius 1 is 1.32 bits per heavy atom. The number of halogens is 2. The van der Waals surface area contributed by atoms with E-state index in [2.05, 4.69) is 21.2 Å². The van der Waals surface area contributed by atoms with Crippen LogP contribution < -0.4 is 14.8 Å². The third kappa shape index (κ3) is 4.24. The first-order valence-electron chi connectivity index (χ1n) is 7.13. The fourth-order valence-corrected chi connectivity index (χ4v) is 2.42. The largest absolute Gasteiger partial charge is 0.493 e. The lowest BCUT2D eigenvalue weighted by Crippen LogP contribution is -2.15. The zero-order chi connectivity index (χ0) is 18.6. The van der Waals surface area contributed by atoms with E-state index in [9.17, 15) is 19.3 Å². The number of rotatable bonds is 6. The van der Waals surface area contributed by atoms with Gasteiger partial charge in [-0.2, -0.15) is 0 Å². The molecule has 0 bridgehead atoms. The van der Waals surface area contributed by atoms with Crippen LogP contribution in [-0.4, -0.2) is 24.5 Å². The van der Waals surface area contributed by atoms with Crippen LogP contribution in [-0.2, 0) is 0 Å². The van der Waals surface area contributed by atoms with Gasteiger partial charge in [-0.05, 0) is 25.1 Å². The number of carbonyl (C=O) groups excluding carboxylic acids is 1. The number of hydrogen-bond donors (Lipinski definition) is 1. The van der Waals surface area contributed by atoms with Crippen molar-refractivity contribution in [1.82, 2.24) is 0 Å². The van der Waals surface area contributed by atoms with Crippen molar-refractivity contribution in [2.45, 2.75) is 6.92 Å². The average molecular weight is 413 g/mol. The lowest BCUT2D eigenvalue weighted by atomic mass is 10.1. The van der Waals surface area contributed by atoms with Gasteiger partial charge in [0, 0.05) is 10.5 Å². The molecule has 1 amide bonds. The number of amides is 1. The molecule has 9 heteroatoms. The van der Waals surface area contributed by atoms with E-state index >= 15 is 0 Å². The number of nitro groups is 1. The second-order valence-electron chi connectivity index (χ2n) is 4.79. The second kappa shape index (κ2) is 7.93. The monoisotopic (exact) mass is 412 g/mol. The molecule has 0 spiro atoms. The molecule has 0 radical (unpaired) electrons. The van der Waals surface area contributed by atoms with Crippen LogP contribution in [0.4, 0.5) is 15.8 Å². The minimum Gasteiger partial charge on any atom is -0.493 e. The fourth-order valence-electron chi connectivity index (χ4n) is 2.09. The zero-order valence-electron chi connectivity index (χ0n) is 13.3. The summed E-state index contributed by atoms with van der Waals surface area (Å²) in [4.78, 5) is 23.0. The van der Waals surface area contributed by atoms with Gasteiger partial charge in [0.15, 0.2) is 11.5 Å². The maximum atomic E-state index is 13.9. The Labute approximate surface area is 151 Å². The van der Waals surface area contributed by atoms with Gasteiger partial charge in [0.2, 0.25) is 0 Å². The van der Waals surface area contributed by atoms with E-state index in [1.165, 1.54) is 31.4 Å². The summed E-state index contributed by atoms with van der Waals surface area (Å²) in [6.45, 7) is 1.99. The SMILES string of the molecule is CCOc1cc(C(=O)Nc2ccc(Br)cc2F)c([N+](=O)[O-])cc1OC. The van der Waals surface area contributed by atoms with Crippen molar-refractivity contribution in [3.05, 3.63) is 56.3 Å². The predicted molar refractivity (Wildman–Crippen MR) is 92.9 cm³/mol. The molecular formula is C16H14BrFN2O5. The van der Waals surface area contributed by atoms with Crippen LogP contribution in [0.2, 0.25) is 0 Å². The Kier molecular flexibility index (Phi) is 5.92. The van der Waals surface area contributed by atoms with Crippen LogP contribution >= 0.6 is 15.9 Å². The van der Waals surface area contributed by atoms with E-state index in [0.29, 0.717) is 4.47 Å². The van der Waals surface area contributed by atoms with Gasteiger partial charge < -0.3 is 14.8 Å². The molecule has 0 unspecified atom stereocenters. The number of nitro benzene ring substituents is 1. The molecule has 7 nitrogen and oxygen atoms in total. The molecule has 2 rings (SSSR count). The standard InChI is InChI=1S/C16H14BrFN2O5/c1-3-25-15-7-10(13(20(22)23)8-14(15)24-2)16(21)19-12-5-4-9(17)6-11(12)18/h4-8H,3H2,1-2H3,(H,19,21). The highest BCUT2D eigenvalue weighted by Gasteiger charge is 2.25. The molecule has 1 N–H and O–H groups in total. The third-order valence-corrected chi connectivity index (χ3v) is 3.70. The predicted octanol–water partition coefficient (Wildman–Crippen LogP) is 4.16. The Bertz CT molecular complexity index is 828. The summed E-state index contributed by atoms with van der Waals surface area (Å²) >= 11 is 3.11. The Morgan fingerprint density at radius 2 is 2.04 bits per heavy atom. The highest BCUT2D eigenvalue weighted by molar-refractivity contribution is 9.10. The molecule has 0 aromatic heterocycles. The normalized spacial score (nSPS) is 10.2. The van der Waals surface area contributed by atoms with Gasteiger partial charge in [0.25, 0.3) is 11.6 Å². The first kappa shape index (κ1) is 18.7. The maximum absolute atomic E-state index is 13.9. The number of methoxy groups -OCH3 is 1. The minimum atomic E-state index is -0.837. The third-order valence-electron chi connectivity index (χ3n) is 3.20. The van der Waals surface area contributed by atoms with Gasteiger partial charge in [-0.25, -0.2) is 4.39 Å². The molecule has 0 atom stereocenters. The molecule has 25 heavy (non-hydrogen) atoms. The van der Waals surface area contributed by atoms with E-state index < -0.39 is 22.3 Å². The number of anilines is 1. The van der Waals surface area contributed by atoms with Crippen LogP contribution in [0.1, 0.15) is 17.3 Å². The summed E-state index contributed by atoms with van der Waals surface area (Å²) < 4.78 is 24.8. The quantitative estimate of drug-likeness (QED) is 0.568. The second-order valence-corrected chi connectivity index (χ2v) is 5.70. The smallest absolute Gasteiger partial charge is 0.286 e. The molecule has 0 aliphatic heterocycles. The van der Waals surface area contributed by atoms with Gasteiger partial charge in [-0.3, -0.25) is 14.9 Å². The number of nitrogens with one attached hydrogen (secondary N) is 1. The van der Waals surface area contributed by atoms with Gasteiger partial charge >= 0.3 is 0 Å². The topological polar surface area (TPSA) is 90.7 Å². The summed E-state index contributed by atoms with van der Waals surface area (Å²) in [6.07, 6.45) is 0. The van der Waals surface area contributed by atoms with E-state index in [0.717, 1.165) is 6.07 Å². The van der Waals surface area contributed by atoms with Crippen LogP contribution in [0.25, 0.3) is 0 Å². The number of carbonyl (C=O) groups is 1. The molecular weight excluding hydrogens is 399 g/mol. The molecule has 0 saturated heterocycles. The van der Waals surface area contributed by atoms with Crippen LogP contribution in [0, 0.1) is 15.9 Å².